The van der Waals surface area contributed by atoms with Crippen molar-refractivity contribution in [3.8, 4) is 5.75 Å². The number of urea groups is 1. The lowest BCUT2D eigenvalue weighted by atomic mass is 10.0. The molecule has 2 heterocycles. The molecular formula is C21H30N4O3. The standard InChI is InChI=1S/C21H30N4O3/c1-16-13-22-20(25(16)10-11-27-2)12-18-8-9-24(15-18)21(26)23-14-17-4-6-19(28-3)7-5-17/h4-7,13,18H,8-12,14-15H2,1-3H3,(H,23,26)/t18-/m1/s1. The van der Waals surface area contributed by atoms with Crippen molar-refractivity contribution in [2.24, 2.45) is 5.92 Å². The van der Waals surface area contributed by atoms with E-state index in [1.807, 2.05) is 35.4 Å². The molecule has 0 spiro atoms. The number of imidazole rings is 1. The molecule has 1 aliphatic rings. The molecule has 2 amide bonds. The molecule has 1 aromatic heterocycles. The van der Waals surface area contributed by atoms with Gasteiger partial charge in [0.05, 0.1) is 13.7 Å². The minimum absolute atomic E-state index is 0.00257. The van der Waals surface area contributed by atoms with Crippen molar-refractivity contribution in [1.29, 1.82) is 0 Å². The van der Waals surface area contributed by atoms with Crippen LogP contribution in [0, 0.1) is 12.8 Å². The van der Waals surface area contributed by atoms with E-state index in [9.17, 15) is 4.79 Å². The third-order valence-electron chi connectivity index (χ3n) is 5.30. The minimum atomic E-state index is -0.00257. The zero-order chi connectivity index (χ0) is 19.9. The van der Waals surface area contributed by atoms with E-state index in [2.05, 4.69) is 21.8 Å². The second-order valence-electron chi connectivity index (χ2n) is 7.27. The summed E-state index contributed by atoms with van der Waals surface area (Å²) in [4.78, 5) is 19.0. The van der Waals surface area contributed by atoms with Crippen LogP contribution in [0.3, 0.4) is 0 Å². The van der Waals surface area contributed by atoms with E-state index < -0.39 is 0 Å². The number of ether oxygens (including phenoxy) is 2. The molecule has 0 unspecified atom stereocenters. The lowest BCUT2D eigenvalue weighted by Crippen LogP contribution is -2.38. The van der Waals surface area contributed by atoms with Crippen LogP contribution in [-0.2, 0) is 24.2 Å². The van der Waals surface area contributed by atoms with Gasteiger partial charge in [-0.25, -0.2) is 9.78 Å². The summed E-state index contributed by atoms with van der Waals surface area (Å²) in [5.41, 5.74) is 2.21. The van der Waals surface area contributed by atoms with Gasteiger partial charge in [0.15, 0.2) is 0 Å². The first-order valence-corrected chi connectivity index (χ1v) is 9.76. The monoisotopic (exact) mass is 386 g/mol. The number of carbonyl (C=O) groups is 1. The second kappa shape index (κ2) is 9.59. The third kappa shape index (κ3) is 5.04. The van der Waals surface area contributed by atoms with Gasteiger partial charge in [-0.2, -0.15) is 0 Å². The summed E-state index contributed by atoms with van der Waals surface area (Å²) in [5.74, 6) is 2.34. The minimum Gasteiger partial charge on any atom is -0.497 e. The zero-order valence-electron chi connectivity index (χ0n) is 17.0. The van der Waals surface area contributed by atoms with Gasteiger partial charge in [0, 0.05) is 51.6 Å². The number of amides is 2. The molecule has 1 saturated heterocycles. The molecular weight excluding hydrogens is 356 g/mol. The van der Waals surface area contributed by atoms with Gasteiger partial charge >= 0.3 is 6.03 Å². The van der Waals surface area contributed by atoms with Crippen LogP contribution in [0.2, 0.25) is 0 Å². The maximum Gasteiger partial charge on any atom is 0.317 e. The summed E-state index contributed by atoms with van der Waals surface area (Å²) in [5, 5.41) is 3.01. The fourth-order valence-electron chi connectivity index (χ4n) is 3.64. The predicted molar refractivity (Wildman–Crippen MR) is 107 cm³/mol. The quantitative estimate of drug-likeness (QED) is 0.757. The number of aromatic nitrogens is 2. The average Bonchev–Trinajstić information content (AvgIpc) is 3.32. The Morgan fingerprint density at radius 1 is 1.29 bits per heavy atom. The number of methoxy groups -OCH3 is 2. The molecule has 0 bridgehead atoms. The number of hydrogen-bond donors (Lipinski definition) is 1. The smallest absolute Gasteiger partial charge is 0.317 e. The Morgan fingerprint density at radius 2 is 2.07 bits per heavy atom. The van der Waals surface area contributed by atoms with E-state index in [-0.39, 0.29) is 6.03 Å². The first kappa shape index (κ1) is 20.2. The summed E-state index contributed by atoms with van der Waals surface area (Å²) < 4.78 is 12.6. The molecule has 1 N–H and O–H groups in total. The van der Waals surface area contributed by atoms with E-state index in [0.29, 0.717) is 19.1 Å². The normalized spacial score (nSPS) is 16.4. The van der Waals surface area contributed by atoms with Gasteiger partial charge in [0.25, 0.3) is 0 Å². The van der Waals surface area contributed by atoms with Gasteiger partial charge < -0.3 is 24.3 Å². The van der Waals surface area contributed by atoms with Crippen molar-refractivity contribution in [1.82, 2.24) is 19.8 Å². The Hall–Kier alpha value is -2.54. The molecule has 7 heteroatoms. The van der Waals surface area contributed by atoms with Gasteiger partial charge in [0.2, 0.25) is 0 Å². The summed E-state index contributed by atoms with van der Waals surface area (Å²) in [6.07, 6.45) is 3.81. The van der Waals surface area contributed by atoms with Gasteiger partial charge in [-0.05, 0) is 37.0 Å². The summed E-state index contributed by atoms with van der Waals surface area (Å²) in [6, 6.07) is 7.74. The Kier molecular flexibility index (Phi) is 6.92. The first-order chi connectivity index (χ1) is 13.6. The van der Waals surface area contributed by atoms with Crippen LogP contribution in [0.25, 0.3) is 0 Å². The van der Waals surface area contributed by atoms with Crippen molar-refractivity contribution in [3.63, 3.8) is 0 Å². The maximum absolute atomic E-state index is 12.5. The molecule has 1 aliphatic heterocycles. The van der Waals surface area contributed by atoms with Crippen molar-refractivity contribution in [2.45, 2.75) is 32.9 Å². The molecule has 1 atom stereocenters. The maximum atomic E-state index is 12.5. The number of hydrogen-bond acceptors (Lipinski definition) is 4. The lowest BCUT2D eigenvalue weighted by molar-refractivity contribution is 0.185. The molecule has 0 aliphatic carbocycles. The van der Waals surface area contributed by atoms with Crippen LogP contribution < -0.4 is 10.1 Å². The van der Waals surface area contributed by atoms with Gasteiger partial charge in [-0.1, -0.05) is 12.1 Å². The average molecular weight is 386 g/mol. The number of rotatable bonds is 8. The Morgan fingerprint density at radius 3 is 2.79 bits per heavy atom. The molecule has 7 nitrogen and oxygen atoms in total. The van der Waals surface area contributed by atoms with E-state index in [1.165, 1.54) is 0 Å². The lowest BCUT2D eigenvalue weighted by Gasteiger charge is -2.18. The number of nitrogens with zero attached hydrogens (tertiary/aromatic N) is 3. The van der Waals surface area contributed by atoms with E-state index in [4.69, 9.17) is 9.47 Å². The van der Waals surface area contributed by atoms with Crippen LogP contribution in [0.1, 0.15) is 23.5 Å². The number of carbonyl (C=O) groups excluding carboxylic acids is 1. The topological polar surface area (TPSA) is 68.6 Å². The van der Waals surface area contributed by atoms with Crippen LogP contribution in [0.15, 0.2) is 30.5 Å². The Balaban J connectivity index is 1.48. The SMILES string of the molecule is COCCn1c(C)cnc1C[C@H]1CCN(C(=O)NCc2ccc(OC)cc2)C1. The fourth-order valence-corrected chi connectivity index (χ4v) is 3.64. The summed E-state index contributed by atoms with van der Waals surface area (Å²) in [7, 11) is 3.36. The molecule has 2 aromatic rings. The van der Waals surface area contributed by atoms with E-state index in [0.717, 1.165) is 55.3 Å². The third-order valence-corrected chi connectivity index (χ3v) is 5.30. The molecule has 1 fully saturated rings. The molecule has 28 heavy (non-hydrogen) atoms. The van der Waals surface area contributed by atoms with Crippen LogP contribution in [0.4, 0.5) is 4.79 Å². The molecule has 152 valence electrons. The van der Waals surface area contributed by atoms with Crippen molar-refractivity contribution in [3.05, 3.63) is 47.5 Å². The van der Waals surface area contributed by atoms with Gasteiger partial charge in [-0.15, -0.1) is 0 Å². The number of benzene rings is 1. The largest absolute Gasteiger partial charge is 0.497 e. The zero-order valence-corrected chi connectivity index (χ0v) is 17.0. The highest BCUT2D eigenvalue weighted by Crippen LogP contribution is 2.21. The molecule has 1 aromatic carbocycles. The van der Waals surface area contributed by atoms with Crippen molar-refractivity contribution in [2.75, 3.05) is 33.9 Å². The van der Waals surface area contributed by atoms with E-state index in [1.54, 1.807) is 14.2 Å². The summed E-state index contributed by atoms with van der Waals surface area (Å²) >= 11 is 0. The fraction of sp³-hybridized carbons (Fsp3) is 0.524. The molecule has 0 radical (unpaired) electrons. The second-order valence-corrected chi connectivity index (χ2v) is 7.27. The Labute approximate surface area is 166 Å². The number of likely N-dealkylation sites (tertiary alicyclic amines) is 1. The van der Waals surface area contributed by atoms with Crippen LogP contribution in [0.5, 0.6) is 5.75 Å². The molecule has 0 saturated carbocycles. The highest BCUT2D eigenvalue weighted by atomic mass is 16.5. The number of aryl methyl sites for hydroxylation is 1. The summed E-state index contributed by atoms with van der Waals surface area (Å²) in [6.45, 7) is 5.64. The molecule has 3 rings (SSSR count). The highest BCUT2D eigenvalue weighted by Gasteiger charge is 2.27. The first-order valence-electron chi connectivity index (χ1n) is 9.76. The van der Waals surface area contributed by atoms with Gasteiger partial charge in [-0.3, -0.25) is 0 Å². The van der Waals surface area contributed by atoms with E-state index >= 15 is 0 Å². The number of nitrogens with one attached hydrogen (secondary N) is 1. The van der Waals surface area contributed by atoms with Crippen molar-refractivity contribution >= 4 is 6.03 Å². The van der Waals surface area contributed by atoms with Gasteiger partial charge in [0.1, 0.15) is 11.6 Å². The van der Waals surface area contributed by atoms with Crippen LogP contribution in [-0.4, -0.2) is 54.4 Å². The van der Waals surface area contributed by atoms with Crippen LogP contribution >= 0.6 is 0 Å². The highest BCUT2D eigenvalue weighted by molar-refractivity contribution is 5.74. The van der Waals surface area contributed by atoms with Crippen molar-refractivity contribution < 1.29 is 14.3 Å². The Bertz CT molecular complexity index is 772. The predicted octanol–water partition coefficient (Wildman–Crippen LogP) is 2.62.